The second-order valence-corrected chi connectivity index (χ2v) is 11.6. The molecule has 0 spiro atoms. The van der Waals surface area contributed by atoms with Crippen LogP contribution in [-0.4, -0.2) is 25.8 Å². The van der Waals surface area contributed by atoms with Crippen molar-refractivity contribution in [1.29, 1.82) is 0 Å². The fourth-order valence-corrected chi connectivity index (χ4v) is 6.02. The number of esters is 1. The van der Waals surface area contributed by atoms with Crippen LogP contribution in [0.25, 0.3) is 21.6 Å². The van der Waals surface area contributed by atoms with Crippen LogP contribution in [0.4, 0.5) is 19.3 Å². The maximum atomic E-state index is 13.6. The largest absolute Gasteiger partial charge is 0.496 e. The molecule has 1 atom stereocenters. The summed E-state index contributed by atoms with van der Waals surface area (Å²) in [6.45, 7) is 3.72. The minimum Gasteiger partial charge on any atom is -0.496 e. The van der Waals surface area contributed by atoms with Crippen molar-refractivity contribution in [2.24, 2.45) is 0 Å². The number of ether oxygens (including phenoxy) is 3. The minimum atomic E-state index is -1.02. The van der Waals surface area contributed by atoms with Gasteiger partial charge in [-0.15, -0.1) is 11.3 Å². The van der Waals surface area contributed by atoms with Gasteiger partial charge in [-0.2, -0.15) is 0 Å². The number of amides is 1. The molecule has 218 valence electrons. The summed E-state index contributed by atoms with van der Waals surface area (Å²) in [5.41, 5.74) is 3.67. The standard InChI is InChI=1S/C32H28ClF2NO5S/c1-4-40-30(37)32(13-14-32)22-9-5-19(6-10-22)23-11-7-21(16-27(23)39-3)29-26(17-28(33)42-29)36-31(38)41-18(2)20-8-12-24(34)25(35)15-20/h5-12,15-18H,4,13-14H2,1-3H3,(H,36,38)/t18-/m1/s1. The van der Waals surface area contributed by atoms with E-state index >= 15 is 0 Å². The number of carbonyl (C=O) groups excluding carboxylic acids is 2. The van der Waals surface area contributed by atoms with E-state index in [0.717, 1.165) is 47.2 Å². The van der Waals surface area contributed by atoms with Crippen LogP contribution in [0.5, 0.6) is 5.75 Å². The van der Waals surface area contributed by atoms with Gasteiger partial charge in [0.25, 0.3) is 0 Å². The van der Waals surface area contributed by atoms with Gasteiger partial charge in [-0.3, -0.25) is 10.1 Å². The lowest BCUT2D eigenvalue weighted by molar-refractivity contribution is -0.146. The first kappa shape index (κ1) is 29.5. The van der Waals surface area contributed by atoms with Gasteiger partial charge >= 0.3 is 12.1 Å². The second-order valence-electron chi connectivity index (χ2n) is 9.93. The molecular formula is C32H28ClF2NO5S. The third-order valence-corrected chi connectivity index (χ3v) is 8.58. The predicted octanol–water partition coefficient (Wildman–Crippen LogP) is 8.93. The maximum Gasteiger partial charge on any atom is 0.412 e. The Labute approximate surface area is 251 Å². The molecular weight excluding hydrogens is 584 g/mol. The van der Waals surface area contributed by atoms with Crippen molar-refractivity contribution >= 4 is 40.7 Å². The third kappa shape index (κ3) is 5.98. The van der Waals surface area contributed by atoms with Crippen LogP contribution in [0.1, 0.15) is 43.9 Å². The molecule has 1 aliphatic rings. The summed E-state index contributed by atoms with van der Waals surface area (Å²) >= 11 is 7.59. The Hall–Kier alpha value is -3.95. The molecule has 1 saturated carbocycles. The lowest BCUT2D eigenvalue weighted by atomic mass is 9.93. The Morgan fingerprint density at radius 3 is 2.36 bits per heavy atom. The van der Waals surface area contributed by atoms with Crippen LogP contribution in [-0.2, 0) is 19.7 Å². The van der Waals surface area contributed by atoms with Gasteiger partial charge in [0.2, 0.25) is 0 Å². The Balaban J connectivity index is 1.34. The molecule has 10 heteroatoms. The number of methoxy groups -OCH3 is 1. The topological polar surface area (TPSA) is 73.9 Å². The van der Waals surface area contributed by atoms with E-state index in [0.29, 0.717) is 32.8 Å². The van der Waals surface area contributed by atoms with E-state index in [2.05, 4.69) is 5.32 Å². The molecule has 0 aliphatic heterocycles. The molecule has 5 rings (SSSR count). The summed E-state index contributed by atoms with van der Waals surface area (Å²) in [5, 5.41) is 2.70. The Kier molecular flexibility index (Phi) is 8.52. The van der Waals surface area contributed by atoms with Gasteiger partial charge in [0.1, 0.15) is 11.9 Å². The average Bonchev–Trinajstić information content (AvgIpc) is 3.71. The van der Waals surface area contributed by atoms with Crippen LogP contribution in [0, 0.1) is 11.6 Å². The fourth-order valence-electron chi connectivity index (χ4n) is 4.85. The van der Waals surface area contributed by atoms with Gasteiger partial charge < -0.3 is 14.2 Å². The molecule has 0 radical (unpaired) electrons. The number of thiophene rings is 1. The third-order valence-electron chi connectivity index (χ3n) is 7.26. The summed E-state index contributed by atoms with van der Waals surface area (Å²) in [4.78, 5) is 25.9. The summed E-state index contributed by atoms with van der Waals surface area (Å²) in [6.07, 6.45) is -0.0428. The van der Waals surface area contributed by atoms with Gasteiger partial charge in [-0.25, -0.2) is 13.6 Å². The molecule has 0 bridgehead atoms. The summed E-state index contributed by atoms with van der Waals surface area (Å²) in [7, 11) is 1.58. The molecule has 42 heavy (non-hydrogen) atoms. The highest BCUT2D eigenvalue weighted by Gasteiger charge is 2.52. The highest BCUT2D eigenvalue weighted by molar-refractivity contribution is 7.20. The van der Waals surface area contributed by atoms with Gasteiger partial charge in [0.15, 0.2) is 11.6 Å². The Morgan fingerprint density at radius 1 is 1.00 bits per heavy atom. The number of benzene rings is 3. The van der Waals surface area contributed by atoms with E-state index in [1.165, 1.54) is 17.4 Å². The van der Waals surface area contributed by atoms with E-state index in [9.17, 15) is 18.4 Å². The summed E-state index contributed by atoms with van der Waals surface area (Å²) < 4.78 is 43.7. The first-order valence-corrected chi connectivity index (χ1v) is 14.5. The van der Waals surface area contributed by atoms with Crippen LogP contribution in [0.3, 0.4) is 0 Å². The van der Waals surface area contributed by atoms with E-state index in [-0.39, 0.29) is 5.97 Å². The number of carbonyl (C=O) groups is 2. The van der Waals surface area contributed by atoms with Gasteiger partial charge in [-0.05, 0) is 73.2 Å². The van der Waals surface area contributed by atoms with Crippen LogP contribution in [0.15, 0.2) is 66.7 Å². The van der Waals surface area contributed by atoms with Crippen molar-refractivity contribution < 1.29 is 32.6 Å². The lowest BCUT2D eigenvalue weighted by Gasteiger charge is -2.16. The van der Waals surface area contributed by atoms with Crippen molar-refractivity contribution in [3.05, 3.63) is 93.8 Å². The van der Waals surface area contributed by atoms with Gasteiger partial charge in [0, 0.05) is 5.56 Å². The summed E-state index contributed by atoms with van der Waals surface area (Å²) in [5.74, 6) is -1.57. The maximum absolute atomic E-state index is 13.6. The predicted molar refractivity (Wildman–Crippen MR) is 159 cm³/mol. The summed E-state index contributed by atoms with van der Waals surface area (Å²) in [6, 6.07) is 18.5. The monoisotopic (exact) mass is 611 g/mol. The minimum absolute atomic E-state index is 0.179. The molecule has 1 amide bonds. The average molecular weight is 612 g/mol. The van der Waals surface area contributed by atoms with Gasteiger partial charge in [0.05, 0.1) is 34.0 Å². The molecule has 1 N–H and O–H groups in total. The first-order chi connectivity index (χ1) is 20.1. The van der Waals surface area contributed by atoms with Crippen LogP contribution >= 0.6 is 22.9 Å². The number of anilines is 1. The molecule has 1 heterocycles. The molecule has 1 aromatic heterocycles. The van der Waals surface area contributed by atoms with Crippen molar-refractivity contribution in [3.8, 4) is 27.3 Å². The Morgan fingerprint density at radius 2 is 1.71 bits per heavy atom. The number of hydrogen-bond acceptors (Lipinski definition) is 6. The Bertz CT molecular complexity index is 1630. The second kappa shape index (κ2) is 12.1. The molecule has 0 saturated heterocycles. The number of rotatable bonds is 9. The molecule has 1 aliphatic carbocycles. The van der Waals surface area contributed by atoms with Crippen LogP contribution < -0.4 is 10.1 Å². The van der Waals surface area contributed by atoms with E-state index in [1.807, 2.05) is 49.4 Å². The highest BCUT2D eigenvalue weighted by Crippen LogP contribution is 2.50. The van der Waals surface area contributed by atoms with E-state index in [1.54, 1.807) is 20.1 Å². The van der Waals surface area contributed by atoms with E-state index < -0.39 is 29.2 Å². The zero-order chi connectivity index (χ0) is 30.0. The zero-order valence-corrected chi connectivity index (χ0v) is 24.7. The van der Waals surface area contributed by atoms with Crippen molar-refractivity contribution in [2.45, 2.75) is 38.2 Å². The number of hydrogen-bond donors (Lipinski definition) is 1. The smallest absolute Gasteiger partial charge is 0.412 e. The fraction of sp³-hybridized carbons (Fsp3) is 0.250. The molecule has 6 nitrogen and oxygen atoms in total. The first-order valence-electron chi connectivity index (χ1n) is 13.3. The normalized spacial score (nSPS) is 14.1. The highest BCUT2D eigenvalue weighted by atomic mass is 35.5. The molecule has 1 fully saturated rings. The van der Waals surface area contributed by atoms with Crippen molar-refractivity contribution in [1.82, 2.24) is 0 Å². The lowest BCUT2D eigenvalue weighted by Crippen LogP contribution is -2.23. The van der Waals surface area contributed by atoms with Crippen molar-refractivity contribution in [3.63, 3.8) is 0 Å². The number of nitrogens with one attached hydrogen (secondary N) is 1. The quantitative estimate of drug-likeness (QED) is 0.191. The van der Waals surface area contributed by atoms with Crippen molar-refractivity contribution in [2.75, 3.05) is 19.0 Å². The molecule has 3 aromatic carbocycles. The SMILES string of the molecule is CCOC(=O)C1(c2ccc(-c3ccc(-c4sc(Cl)cc4NC(=O)O[C@H](C)c4ccc(F)c(F)c4)cc3OC)cc2)CC1. The number of halogens is 3. The zero-order valence-electron chi connectivity index (χ0n) is 23.1. The molecule has 4 aromatic rings. The van der Waals surface area contributed by atoms with Gasteiger partial charge in [-0.1, -0.05) is 54.1 Å². The molecule has 0 unspecified atom stereocenters. The van der Waals surface area contributed by atoms with Crippen LogP contribution in [0.2, 0.25) is 4.34 Å². The van der Waals surface area contributed by atoms with E-state index in [4.69, 9.17) is 25.8 Å².